The Morgan fingerprint density at radius 1 is 1.43 bits per heavy atom. The van der Waals surface area contributed by atoms with E-state index in [4.69, 9.17) is 0 Å². The summed E-state index contributed by atoms with van der Waals surface area (Å²) < 4.78 is 0. The van der Waals surface area contributed by atoms with Crippen molar-refractivity contribution in [3.63, 3.8) is 0 Å². The zero-order chi connectivity index (χ0) is 10.8. The van der Waals surface area contributed by atoms with Gasteiger partial charge in [-0.15, -0.1) is 0 Å². The highest BCUT2D eigenvalue weighted by molar-refractivity contribution is 5.24. The van der Waals surface area contributed by atoms with E-state index in [1.165, 1.54) is 0 Å². The molecule has 3 nitrogen and oxygen atoms in total. The highest BCUT2D eigenvalue weighted by Crippen LogP contribution is 2.18. The molecule has 0 aliphatic rings. The molecule has 0 aromatic carbocycles. The Labute approximate surface area is 85.4 Å². The lowest BCUT2D eigenvalue weighted by atomic mass is 10.1. The number of pyridine rings is 1. The predicted octanol–water partition coefficient (Wildman–Crippen LogP) is 2.02. The average molecular weight is 194 g/mol. The van der Waals surface area contributed by atoms with Crippen LogP contribution in [0.1, 0.15) is 26.5 Å². The van der Waals surface area contributed by atoms with Crippen LogP contribution in [-0.4, -0.2) is 27.6 Å². The Morgan fingerprint density at radius 3 is 2.57 bits per heavy atom. The number of rotatable bonds is 2. The molecule has 0 saturated carbocycles. The van der Waals surface area contributed by atoms with E-state index in [0.717, 1.165) is 5.69 Å². The lowest BCUT2D eigenvalue weighted by molar-refractivity contribution is 0.163. The maximum atomic E-state index is 9.54. The van der Waals surface area contributed by atoms with Gasteiger partial charge in [0.2, 0.25) is 0 Å². The van der Waals surface area contributed by atoms with E-state index in [0.29, 0.717) is 6.54 Å². The van der Waals surface area contributed by atoms with Crippen LogP contribution in [0.4, 0.5) is 0 Å². The molecule has 0 saturated heterocycles. The smallest absolute Gasteiger partial charge is 0.138 e. The predicted molar refractivity (Wildman–Crippen MR) is 57.1 cm³/mol. The van der Waals surface area contributed by atoms with Crippen molar-refractivity contribution in [2.75, 3.05) is 7.05 Å². The zero-order valence-corrected chi connectivity index (χ0v) is 9.28. The molecule has 0 radical (unpaired) electrons. The van der Waals surface area contributed by atoms with E-state index in [1.807, 2.05) is 7.05 Å². The van der Waals surface area contributed by atoms with Gasteiger partial charge in [0.15, 0.2) is 0 Å². The van der Waals surface area contributed by atoms with E-state index in [-0.39, 0.29) is 11.3 Å². The quantitative estimate of drug-likeness (QED) is 0.782. The molecule has 1 heterocycles. The number of hydrogen-bond acceptors (Lipinski definition) is 3. The van der Waals surface area contributed by atoms with E-state index >= 15 is 0 Å². The van der Waals surface area contributed by atoms with Crippen LogP contribution in [0.15, 0.2) is 18.3 Å². The average Bonchev–Trinajstić information content (AvgIpc) is 2.07. The molecule has 0 aliphatic carbocycles. The van der Waals surface area contributed by atoms with E-state index < -0.39 is 0 Å². The Hall–Kier alpha value is -1.09. The molecule has 0 fully saturated rings. The van der Waals surface area contributed by atoms with Crippen molar-refractivity contribution in [1.29, 1.82) is 0 Å². The van der Waals surface area contributed by atoms with Gasteiger partial charge in [0.25, 0.3) is 0 Å². The van der Waals surface area contributed by atoms with E-state index in [1.54, 1.807) is 18.3 Å². The van der Waals surface area contributed by atoms with Gasteiger partial charge in [-0.2, -0.15) is 0 Å². The summed E-state index contributed by atoms with van der Waals surface area (Å²) in [5.41, 5.74) is 0.814. The summed E-state index contributed by atoms with van der Waals surface area (Å²) in [6.07, 6.45) is 1.70. The lowest BCUT2D eigenvalue weighted by Crippen LogP contribution is -2.37. The third-order valence-electron chi connectivity index (χ3n) is 2.40. The summed E-state index contributed by atoms with van der Waals surface area (Å²) in [6, 6.07) is 3.40. The second-order valence-electron chi connectivity index (χ2n) is 4.50. The van der Waals surface area contributed by atoms with Gasteiger partial charge in [0.05, 0.1) is 5.69 Å². The molecule has 1 aromatic heterocycles. The van der Waals surface area contributed by atoms with Gasteiger partial charge in [-0.3, -0.25) is 9.88 Å². The van der Waals surface area contributed by atoms with Crippen molar-refractivity contribution in [2.24, 2.45) is 0 Å². The minimum atomic E-state index is 0.0873. The summed E-state index contributed by atoms with van der Waals surface area (Å²) in [4.78, 5) is 6.29. The fourth-order valence-corrected chi connectivity index (χ4v) is 1.01. The molecule has 0 atom stereocenters. The standard InChI is InChI=1S/C11H18N2O/c1-11(2,3)13(4)8-9-10(14)6-5-7-12-9/h5-7,14H,8H2,1-4H3. The Balaban J connectivity index is 2.75. The topological polar surface area (TPSA) is 36.4 Å². The first-order valence-corrected chi connectivity index (χ1v) is 4.75. The third-order valence-corrected chi connectivity index (χ3v) is 2.40. The van der Waals surface area contributed by atoms with Crippen LogP contribution in [0.25, 0.3) is 0 Å². The maximum Gasteiger partial charge on any atom is 0.138 e. The Bertz CT molecular complexity index is 304. The van der Waals surface area contributed by atoms with Crippen molar-refractivity contribution in [1.82, 2.24) is 9.88 Å². The SMILES string of the molecule is CN(Cc1ncccc1O)C(C)(C)C. The Kier molecular flexibility index (Phi) is 3.11. The lowest BCUT2D eigenvalue weighted by Gasteiger charge is -2.31. The molecule has 0 aliphatic heterocycles. The first kappa shape index (κ1) is 11.0. The second kappa shape index (κ2) is 3.96. The van der Waals surface area contributed by atoms with Gasteiger partial charge in [-0.05, 0) is 40.0 Å². The van der Waals surface area contributed by atoms with E-state index in [9.17, 15) is 5.11 Å². The molecule has 0 bridgehead atoms. The van der Waals surface area contributed by atoms with Gasteiger partial charge < -0.3 is 5.11 Å². The summed E-state index contributed by atoms with van der Waals surface area (Å²) >= 11 is 0. The maximum absolute atomic E-state index is 9.54. The first-order valence-electron chi connectivity index (χ1n) is 4.75. The van der Waals surface area contributed by atoms with Crippen molar-refractivity contribution < 1.29 is 5.11 Å². The molecule has 14 heavy (non-hydrogen) atoms. The summed E-state index contributed by atoms with van der Waals surface area (Å²) in [5, 5.41) is 9.54. The molecule has 0 unspecified atom stereocenters. The fraction of sp³-hybridized carbons (Fsp3) is 0.545. The van der Waals surface area contributed by atoms with Gasteiger partial charge >= 0.3 is 0 Å². The zero-order valence-electron chi connectivity index (χ0n) is 9.28. The highest BCUT2D eigenvalue weighted by Gasteiger charge is 2.18. The van der Waals surface area contributed by atoms with Crippen LogP contribution in [0, 0.1) is 0 Å². The monoisotopic (exact) mass is 194 g/mol. The molecular formula is C11H18N2O. The van der Waals surface area contributed by atoms with Crippen LogP contribution in [-0.2, 0) is 6.54 Å². The molecule has 1 rings (SSSR count). The van der Waals surface area contributed by atoms with Crippen molar-refractivity contribution in [3.8, 4) is 5.75 Å². The fourth-order valence-electron chi connectivity index (χ4n) is 1.01. The van der Waals surface area contributed by atoms with Crippen molar-refractivity contribution >= 4 is 0 Å². The third kappa shape index (κ3) is 2.70. The number of aromatic hydroxyl groups is 1. The first-order chi connectivity index (χ1) is 6.41. The van der Waals surface area contributed by atoms with Crippen LogP contribution >= 0.6 is 0 Å². The number of hydrogen-bond donors (Lipinski definition) is 1. The largest absolute Gasteiger partial charge is 0.506 e. The minimum absolute atomic E-state index is 0.0873. The van der Waals surface area contributed by atoms with Crippen LogP contribution in [0.2, 0.25) is 0 Å². The molecule has 3 heteroatoms. The normalized spacial score (nSPS) is 12.1. The summed E-state index contributed by atoms with van der Waals surface area (Å²) in [5.74, 6) is 0.267. The summed E-state index contributed by atoms with van der Waals surface area (Å²) in [6.45, 7) is 7.06. The van der Waals surface area contributed by atoms with Crippen LogP contribution < -0.4 is 0 Å². The number of aromatic nitrogens is 1. The minimum Gasteiger partial charge on any atom is -0.506 e. The molecule has 0 amide bonds. The van der Waals surface area contributed by atoms with Gasteiger partial charge in [0.1, 0.15) is 5.75 Å². The summed E-state index contributed by atoms with van der Waals surface area (Å²) in [7, 11) is 2.02. The van der Waals surface area contributed by atoms with Crippen LogP contribution in [0.3, 0.4) is 0 Å². The van der Waals surface area contributed by atoms with Gasteiger partial charge in [-0.25, -0.2) is 0 Å². The Morgan fingerprint density at radius 2 is 2.07 bits per heavy atom. The molecule has 0 spiro atoms. The van der Waals surface area contributed by atoms with Crippen molar-refractivity contribution in [2.45, 2.75) is 32.9 Å². The van der Waals surface area contributed by atoms with Gasteiger partial charge in [0, 0.05) is 18.3 Å². The highest BCUT2D eigenvalue weighted by atomic mass is 16.3. The molecule has 78 valence electrons. The second-order valence-corrected chi connectivity index (χ2v) is 4.50. The van der Waals surface area contributed by atoms with Crippen molar-refractivity contribution in [3.05, 3.63) is 24.0 Å². The number of nitrogens with zero attached hydrogens (tertiary/aromatic N) is 2. The molecule has 1 aromatic rings. The van der Waals surface area contributed by atoms with E-state index in [2.05, 4.69) is 30.7 Å². The molecular weight excluding hydrogens is 176 g/mol. The van der Waals surface area contributed by atoms with Gasteiger partial charge in [-0.1, -0.05) is 0 Å². The van der Waals surface area contributed by atoms with Crippen LogP contribution in [0.5, 0.6) is 5.75 Å². The molecule has 1 N–H and O–H groups in total.